The first-order valence-corrected chi connectivity index (χ1v) is 17.8. The summed E-state index contributed by atoms with van der Waals surface area (Å²) in [5.74, 6) is 3.03. The number of amides is 1. The molecule has 5 aliphatic carbocycles. The van der Waals surface area contributed by atoms with E-state index >= 15 is 0 Å². The van der Waals surface area contributed by atoms with Crippen molar-refractivity contribution in [1.82, 2.24) is 5.32 Å². The number of rotatable bonds is 6. The third kappa shape index (κ3) is 4.40. The Morgan fingerprint density at radius 3 is 2.23 bits per heavy atom. The van der Waals surface area contributed by atoms with Gasteiger partial charge in [-0.25, -0.2) is 0 Å². The molecule has 240 valence electrons. The highest BCUT2D eigenvalue weighted by atomic mass is 16.2. The molecule has 9 atom stereocenters. The quantitative estimate of drug-likeness (QED) is 0.332. The maximum Gasteiger partial charge on any atom is 0.226 e. The number of aryl methyl sites for hydroxylation is 1. The van der Waals surface area contributed by atoms with Gasteiger partial charge in [0.25, 0.3) is 0 Å². The van der Waals surface area contributed by atoms with E-state index in [9.17, 15) is 9.59 Å². The second kappa shape index (κ2) is 10.7. The van der Waals surface area contributed by atoms with Gasteiger partial charge in [-0.2, -0.15) is 0 Å². The highest BCUT2D eigenvalue weighted by molar-refractivity contribution is 5.84. The summed E-state index contributed by atoms with van der Waals surface area (Å²) in [4.78, 5) is 25.8. The van der Waals surface area contributed by atoms with Crippen LogP contribution in [0.3, 0.4) is 0 Å². The van der Waals surface area contributed by atoms with Gasteiger partial charge in [-0.15, -0.1) is 0 Å². The molecule has 3 nitrogen and oxygen atoms in total. The minimum Gasteiger partial charge on any atom is -0.355 e. The van der Waals surface area contributed by atoms with Crippen molar-refractivity contribution in [3.63, 3.8) is 0 Å². The highest BCUT2D eigenvalue weighted by Crippen LogP contribution is 2.77. The maximum atomic E-state index is 14.1. The smallest absolute Gasteiger partial charge is 0.226 e. The van der Waals surface area contributed by atoms with Gasteiger partial charge in [0, 0.05) is 13.0 Å². The molecule has 0 aliphatic heterocycles. The van der Waals surface area contributed by atoms with Crippen LogP contribution in [0.25, 0.3) is 5.57 Å². The van der Waals surface area contributed by atoms with Gasteiger partial charge >= 0.3 is 0 Å². The average molecular weight is 598 g/mol. The molecule has 0 heterocycles. The summed E-state index contributed by atoms with van der Waals surface area (Å²) in [5, 5.41) is 3.26. The molecule has 1 aromatic carbocycles. The van der Waals surface area contributed by atoms with Crippen molar-refractivity contribution in [3.8, 4) is 0 Å². The molecule has 1 N–H and O–H groups in total. The van der Waals surface area contributed by atoms with Crippen LogP contribution in [0.2, 0.25) is 0 Å². The second-order valence-corrected chi connectivity index (χ2v) is 17.5. The predicted octanol–water partition coefficient (Wildman–Crippen LogP) is 9.74. The van der Waals surface area contributed by atoms with Crippen LogP contribution >= 0.6 is 0 Å². The molecule has 4 fully saturated rings. The molecule has 44 heavy (non-hydrogen) atoms. The van der Waals surface area contributed by atoms with Gasteiger partial charge in [0.1, 0.15) is 5.78 Å². The molecule has 4 saturated carbocycles. The number of carbonyl (C=O) groups is 2. The zero-order chi connectivity index (χ0) is 31.9. The SMILES string of the molecule is C=C(C)[C@@H]1CC[C@]2(C(=O)NCCC(C)=O)CC[C@]3(C)[C@H](CC[C@@H]4[C@@]5(C)CC=C(c6ccc(C)cc6)C(C)(C)[C@@H]5CC[C@]43C)[C@@H]12. The van der Waals surface area contributed by atoms with Crippen LogP contribution < -0.4 is 5.32 Å². The lowest BCUT2D eigenvalue weighted by atomic mass is 9.32. The van der Waals surface area contributed by atoms with Gasteiger partial charge in [-0.05, 0) is 141 Å². The van der Waals surface area contributed by atoms with Crippen LogP contribution in [0.15, 0.2) is 42.5 Å². The monoisotopic (exact) mass is 597 g/mol. The van der Waals surface area contributed by atoms with Crippen molar-refractivity contribution in [2.75, 3.05) is 6.54 Å². The van der Waals surface area contributed by atoms with Crippen molar-refractivity contribution in [3.05, 3.63) is 53.6 Å². The van der Waals surface area contributed by atoms with E-state index in [-0.39, 0.29) is 38.8 Å². The van der Waals surface area contributed by atoms with Crippen molar-refractivity contribution in [2.24, 2.45) is 56.7 Å². The van der Waals surface area contributed by atoms with Crippen molar-refractivity contribution >= 4 is 17.3 Å². The summed E-state index contributed by atoms with van der Waals surface area (Å²) in [6.45, 7) is 24.0. The summed E-state index contributed by atoms with van der Waals surface area (Å²) in [6, 6.07) is 9.23. The zero-order valence-electron chi connectivity index (χ0n) is 29.1. The Labute approximate surface area is 268 Å². The van der Waals surface area contributed by atoms with E-state index in [0.717, 1.165) is 25.7 Å². The number of fused-ring (bicyclic) bond motifs is 7. The normalized spacial score (nSPS) is 42.2. The Morgan fingerprint density at radius 2 is 1.57 bits per heavy atom. The number of ketones is 1. The van der Waals surface area contributed by atoms with Crippen molar-refractivity contribution in [2.45, 2.75) is 120 Å². The molecule has 3 heteroatoms. The molecule has 0 saturated heterocycles. The molecule has 1 amide bonds. The van der Waals surface area contributed by atoms with Gasteiger partial charge in [-0.3, -0.25) is 9.59 Å². The van der Waals surface area contributed by atoms with Crippen LogP contribution in [0.1, 0.15) is 124 Å². The number of nitrogens with one attached hydrogen (secondary N) is 1. The number of benzene rings is 1. The lowest BCUT2D eigenvalue weighted by molar-refractivity contribution is -0.225. The fourth-order valence-electron chi connectivity index (χ4n) is 12.9. The summed E-state index contributed by atoms with van der Waals surface area (Å²) < 4.78 is 0. The van der Waals surface area contributed by atoms with Gasteiger partial charge in [0.2, 0.25) is 5.91 Å². The molecule has 0 radical (unpaired) electrons. The number of allylic oxidation sites excluding steroid dienone is 3. The first kappa shape index (κ1) is 31.8. The summed E-state index contributed by atoms with van der Waals surface area (Å²) >= 11 is 0. The van der Waals surface area contributed by atoms with Gasteiger partial charge in [0.15, 0.2) is 0 Å². The molecule has 6 rings (SSSR count). The van der Waals surface area contributed by atoms with Crippen LogP contribution in [-0.4, -0.2) is 18.2 Å². The van der Waals surface area contributed by atoms with E-state index in [1.54, 1.807) is 12.5 Å². The fourth-order valence-corrected chi connectivity index (χ4v) is 12.9. The zero-order valence-corrected chi connectivity index (χ0v) is 29.1. The summed E-state index contributed by atoms with van der Waals surface area (Å²) in [6.07, 6.45) is 13.5. The molecule has 5 aliphatic rings. The van der Waals surface area contributed by atoms with Gasteiger partial charge in [0.05, 0.1) is 5.41 Å². The van der Waals surface area contributed by atoms with E-state index < -0.39 is 0 Å². The molecule has 0 aromatic heterocycles. The highest BCUT2D eigenvalue weighted by Gasteiger charge is 2.71. The number of hydrogen-bond donors (Lipinski definition) is 1. The second-order valence-electron chi connectivity index (χ2n) is 17.5. The van der Waals surface area contributed by atoms with E-state index in [2.05, 4.69) is 90.7 Å². The molecule has 0 spiro atoms. The molecule has 0 bridgehead atoms. The van der Waals surface area contributed by atoms with Crippen LogP contribution in [0.4, 0.5) is 0 Å². The third-order valence-electron chi connectivity index (χ3n) is 15.2. The van der Waals surface area contributed by atoms with Crippen LogP contribution in [0, 0.1) is 63.6 Å². The number of hydrogen-bond acceptors (Lipinski definition) is 2. The molecule has 0 unspecified atom stereocenters. The van der Waals surface area contributed by atoms with Crippen LogP contribution in [-0.2, 0) is 9.59 Å². The Morgan fingerprint density at radius 1 is 0.864 bits per heavy atom. The average Bonchev–Trinajstić information content (AvgIpc) is 3.35. The van der Waals surface area contributed by atoms with Gasteiger partial charge < -0.3 is 5.32 Å². The Bertz CT molecular complexity index is 1370. The first-order chi connectivity index (χ1) is 20.6. The minimum atomic E-state index is -0.312. The summed E-state index contributed by atoms with van der Waals surface area (Å²) in [5.41, 5.74) is 6.12. The van der Waals surface area contributed by atoms with E-state index in [1.165, 1.54) is 48.8 Å². The molecular formula is C41H59NO2. The Kier molecular flexibility index (Phi) is 7.73. The first-order valence-electron chi connectivity index (χ1n) is 17.8. The topological polar surface area (TPSA) is 46.2 Å². The van der Waals surface area contributed by atoms with E-state index in [4.69, 9.17) is 0 Å². The lowest BCUT2D eigenvalue weighted by Crippen LogP contribution is -2.66. The number of Topliss-reactive ketones (excluding diaryl/α,β-unsaturated/α-hetero) is 1. The lowest BCUT2D eigenvalue weighted by Gasteiger charge is -2.72. The minimum absolute atomic E-state index is 0.136. The molecular weight excluding hydrogens is 538 g/mol. The third-order valence-corrected chi connectivity index (χ3v) is 15.2. The molecule has 1 aromatic rings. The maximum absolute atomic E-state index is 14.1. The van der Waals surface area contributed by atoms with E-state index in [0.29, 0.717) is 42.6 Å². The van der Waals surface area contributed by atoms with Gasteiger partial charge in [-0.1, -0.05) is 82.7 Å². The standard InChI is InChI=1S/C41H59NO2/c1-26(2)30-16-22-41(36(44)42-25-19-28(4)43)24-23-39(8)32(35(30)41)14-15-34-38(7)20-17-31(29-12-10-27(3)11-13-29)37(5,6)33(38)18-21-40(34,39)9/h10-13,17,30,32-35H,1,14-16,18-25H2,2-9H3,(H,42,44)/t30-,32+,33-,34+,35+,38-,39+,40+,41-/m0/s1. The Hall–Kier alpha value is -2.16. The number of carbonyl (C=O) groups excluding carboxylic acids is 2. The predicted molar refractivity (Wildman–Crippen MR) is 182 cm³/mol. The fraction of sp³-hybridized carbons (Fsp3) is 0.707. The van der Waals surface area contributed by atoms with Crippen molar-refractivity contribution in [1.29, 1.82) is 0 Å². The Balaban J connectivity index is 1.34. The summed E-state index contributed by atoms with van der Waals surface area (Å²) in [7, 11) is 0. The largest absolute Gasteiger partial charge is 0.355 e. The van der Waals surface area contributed by atoms with Crippen LogP contribution in [0.5, 0.6) is 0 Å². The van der Waals surface area contributed by atoms with Crippen molar-refractivity contribution < 1.29 is 9.59 Å². The van der Waals surface area contributed by atoms with E-state index in [1.807, 2.05) is 0 Å².